The summed E-state index contributed by atoms with van der Waals surface area (Å²) in [6.45, 7) is 1.43. The first-order chi connectivity index (χ1) is 11.0. The van der Waals surface area contributed by atoms with Crippen molar-refractivity contribution in [2.45, 2.75) is 38.7 Å². The minimum Gasteiger partial charge on any atom is -0.489 e. The van der Waals surface area contributed by atoms with E-state index in [4.69, 9.17) is 16.3 Å². The highest BCUT2D eigenvalue weighted by Crippen LogP contribution is 2.32. The molecule has 0 saturated heterocycles. The SMILES string of the molecule is Cc1n[nH]c(=O)n(-c2cc(OC3CCCC3)c(Cl)cc2F)c1=O. The summed E-state index contributed by atoms with van der Waals surface area (Å²) in [6, 6.07) is 2.33. The molecule has 0 unspecified atom stereocenters. The molecule has 1 saturated carbocycles. The van der Waals surface area contributed by atoms with Crippen LogP contribution in [-0.2, 0) is 0 Å². The van der Waals surface area contributed by atoms with E-state index in [9.17, 15) is 14.0 Å². The Morgan fingerprint density at radius 2 is 2.04 bits per heavy atom. The molecule has 1 N–H and O–H groups in total. The highest BCUT2D eigenvalue weighted by atomic mass is 35.5. The van der Waals surface area contributed by atoms with Crippen molar-refractivity contribution in [3.05, 3.63) is 49.5 Å². The molecule has 0 spiro atoms. The summed E-state index contributed by atoms with van der Waals surface area (Å²) < 4.78 is 20.7. The van der Waals surface area contributed by atoms with Gasteiger partial charge in [0, 0.05) is 6.07 Å². The number of hydrogen-bond donors (Lipinski definition) is 1. The molecule has 122 valence electrons. The molecule has 6 nitrogen and oxygen atoms in total. The third-order valence-electron chi connectivity index (χ3n) is 3.87. The molecule has 2 aromatic rings. The third-order valence-corrected chi connectivity index (χ3v) is 4.17. The van der Waals surface area contributed by atoms with Gasteiger partial charge in [-0.1, -0.05) is 11.6 Å². The summed E-state index contributed by atoms with van der Waals surface area (Å²) in [5.41, 5.74) is -1.67. The maximum atomic E-state index is 14.2. The van der Waals surface area contributed by atoms with Gasteiger partial charge in [0.2, 0.25) is 0 Å². The largest absolute Gasteiger partial charge is 0.489 e. The lowest BCUT2D eigenvalue weighted by Gasteiger charge is -2.16. The summed E-state index contributed by atoms with van der Waals surface area (Å²) in [7, 11) is 0. The lowest BCUT2D eigenvalue weighted by Crippen LogP contribution is -2.36. The van der Waals surface area contributed by atoms with Crippen molar-refractivity contribution in [2.24, 2.45) is 0 Å². The van der Waals surface area contributed by atoms with Gasteiger partial charge in [-0.05, 0) is 38.7 Å². The van der Waals surface area contributed by atoms with Crippen LogP contribution in [0.4, 0.5) is 4.39 Å². The Kier molecular flexibility index (Phi) is 4.21. The summed E-state index contributed by atoms with van der Waals surface area (Å²) in [6.07, 6.45) is 3.95. The first-order valence-corrected chi connectivity index (χ1v) is 7.69. The lowest BCUT2D eigenvalue weighted by molar-refractivity contribution is 0.210. The van der Waals surface area contributed by atoms with Crippen molar-refractivity contribution < 1.29 is 9.13 Å². The average Bonchev–Trinajstić information content (AvgIpc) is 3.01. The van der Waals surface area contributed by atoms with Crippen molar-refractivity contribution in [3.63, 3.8) is 0 Å². The fraction of sp³-hybridized carbons (Fsp3) is 0.400. The predicted octanol–water partition coefficient (Wildman–Crippen LogP) is 2.34. The van der Waals surface area contributed by atoms with Gasteiger partial charge >= 0.3 is 5.69 Å². The Bertz CT molecular complexity index is 856. The van der Waals surface area contributed by atoms with Gasteiger partial charge in [0.05, 0.1) is 16.8 Å². The standard InChI is InChI=1S/C15H15ClFN3O3/c1-8-14(21)20(15(22)19-18-8)12-7-13(10(16)6-11(12)17)23-9-4-2-3-5-9/h6-7,9H,2-5H2,1H3,(H,19,22). The van der Waals surface area contributed by atoms with Crippen LogP contribution in [0.25, 0.3) is 5.69 Å². The van der Waals surface area contributed by atoms with Crippen LogP contribution in [0.5, 0.6) is 5.75 Å². The van der Waals surface area contributed by atoms with Crippen LogP contribution >= 0.6 is 11.6 Å². The average molecular weight is 340 g/mol. The number of rotatable bonds is 3. The van der Waals surface area contributed by atoms with Crippen molar-refractivity contribution in [3.8, 4) is 11.4 Å². The van der Waals surface area contributed by atoms with Crippen LogP contribution < -0.4 is 16.0 Å². The zero-order valence-corrected chi connectivity index (χ0v) is 13.2. The van der Waals surface area contributed by atoms with Crippen LogP contribution in [-0.4, -0.2) is 20.9 Å². The summed E-state index contributed by atoms with van der Waals surface area (Å²) in [5.74, 6) is -0.525. The van der Waals surface area contributed by atoms with Crippen molar-refractivity contribution >= 4 is 11.6 Å². The van der Waals surface area contributed by atoms with Crippen molar-refractivity contribution in [1.29, 1.82) is 0 Å². The summed E-state index contributed by atoms with van der Waals surface area (Å²) in [5, 5.41) is 5.83. The van der Waals surface area contributed by atoms with Gasteiger partial charge in [-0.2, -0.15) is 5.10 Å². The van der Waals surface area contributed by atoms with Gasteiger partial charge in [-0.25, -0.2) is 18.9 Å². The highest BCUT2D eigenvalue weighted by Gasteiger charge is 2.21. The molecule has 1 heterocycles. The smallest absolute Gasteiger partial charge is 0.349 e. The number of hydrogen-bond acceptors (Lipinski definition) is 4. The van der Waals surface area contributed by atoms with E-state index in [0.29, 0.717) is 4.57 Å². The predicted molar refractivity (Wildman–Crippen MR) is 83.0 cm³/mol. The molecule has 23 heavy (non-hydrogen) atoms. The molecule has 1 aromatic heterocycles. The van der Waals surface area contributed by atoms with E-state index < -0.39 is 17.1 Å². The van der Waals surface area contributed by atoms with Gasteiger partial charge in [0.25, 0.3) is 5.56 Å². The van der Waals surface area contributed by atoms with E-state index in [2.05, 4.69) is 10.2 Å². The Labute approximate surface area is 135 Å². The Morgan fingerprint density at radius 3 is 2.74 bits per heavy atom. The topological polar surface area (TPSA) is 77.0 Å². The number of benzene rings is 1. The number of nitrogens with one attached hydrogen (secondary N) is 1. The number of nitrogens with zero attached hydrogens (tertiary/aromatic N) is 2. The number of H-pyrrole nitrogens is 1. The molecule has 0 atom stereocenters. The molecule has 3 rings (SSSR count). The minimum absolute atomic E-state index is 0.0139. The first-order valence-electron chi connectivity index (χ1n) is 7.32. The second kappa shape index (κ2) is 6.16. The van der Waals surface area contributed by atoms with Crippen LogP contribution in [0.1, 0.15) is 31.4 Å². The number of ether oxygens (including phenoxy) is 1. The van der Waals surface area contributed by atoms with Crippen LogP contribution in [0.3, 0.4) is 0 Å². The molecule has 1 aromatic carbocycles. The zero-order chi connectivity index (χ0) is 16.6. The molecular weight excluding hydrogens is 325 g/mol. The van der Waals surface area contributed by atoms with Gasteiger partial charge in [-0.15, -0.1) is 0 Å². The minimum atomic E-state index is -0.825. The Hall–Kier alpha value is -2.15. The van der Waals surface area contributed by atoms with Crippen molar-refractivity contribution in [1.82, 2.24) is 14.8 Å². The molecule has 1 fully saturated rings. The van der Waals surface area contributed by atoms with E-state index in [-0.39, 0.29) is 28.3 Å². The highest BCUT2D eigenvalue weighted by molar-refractivity contribution is 6.32. The molecule has 0 aliphatic heterocycles. The molecular formula is C15H15ClFN3O3. The van der Waals surface area contributed by atoms with Crippen molar-refractivity contribution in [2.75, 3.05) is 0 Å². The van der Waals surface area contributed by atoms with Gasteiger partial charge < -0.3 is 4.74 Å². The fourth-order valence-corrected chi connectivity index (χ4v) is 2.86. The van der Waals surface area contributed by atoms with Gasteiger partial charge in [0.15, 0.2) is 0 Å². The number of aryl methyl sites for hydroxylation is 1. The van der Waals surface area contributed by atoms with E-state index in [0.717, 1.165) is 31.7 Å². The van der Waals surface area contributed by atoms with Gasteiger partial charge in [-0.3, -0.25) is 4.79 Å². The second-order valence-electron chi connectivity index (χ2n) is 5.51. The Morgan fingerprint density at radius 1 is 1.35 bits per heavy atom. The number of aromatic amines is 1. The monoisotopic (exact) mass is 339 g/mol. The molecule has 0 bridgehead atoms. The van der Waals surface area contributed by atoms with E-state index in [1.807, 2.05) is 0 Å². The van der Waals surface area contributed by atoms with E-state index in [1.54, 1.807) is 0 Å². The second-order valence-corrected chi connectivity index (χ2v) is 5.92. The number of aromatic nitrogens is 3. The van der Waals surface area contributed by atoms with Crippen LogP contribution in [0.15, 0.2) is 21.7 Å². The Balaban J connectivity index is 2.11. The zero-order valence-electron chi connectivity index (χ0n) is 12.4. The molecule has 1 aliphatic rings. The normalized spacial score (nSPS) is 15.1. The van der Waals surface area contributed by atoms with Crippen LogP contribution in [0.2, 0.25) is 5.02 Å². The van der Waals surface area contributed by atoms with E-state index in [1.165, 1.54) is 13.0 Å². The molecule has 1 aliphatic carbocycles. The molecule has 8 heteroatoms. The quantitative estimate of drug-likeness (QED) is 0.931. The van der Waals surface area contributed by atoms with Crippen LogP contribution in [0, 0.1) is 12.7 Å². The summed E-state index contributed by atoms with van der Waals surface area (Å²) >= 11 is 6.03. The number of halogens is 2. The molecule has 0 radical (unpaired) electrons. The fourth-order valence-electron chi connectivity index (χ4n) is 2.67. The summed E-state index contributed by atoms with van der Waals surface area (Å²) in [4.78, 5) is 24.0. The maximum absolute atomic E-state index is 14.2. The maximum Gasteiger partial charge on any atom is 0.349 e. The third kappa shape index (κ3) is 3.01. The van der Waals surface area contributed by atoms with Gasteiger partial charge in [0.1, 0.15) is 17.3 Å². The first kappa shape index (κ1) is 15.7. The lowest BCUT2D eigenvalue weighted by atomic mass is 10.2. The molecule has 0 amide bonds. The van der Waals surface area contributed by atoms with E-state index >= 15 is 0 Å².